The van der Waals surface area contributed by atoms with Crippen LogP contribution in [0.3, 0.4) is 0 Å². The second-order valence-electron chi connectivity index (χ2n) is 6.10. The number of aldehydes is 1. The normalized spacial score (nSPS) is 18.3. The summed E-state index contributed by atoms with van der Waals surface area (Å²) in [5, 5.41) is 5.82. The molecule has 0 aliphatic carbocycles. The first-order valence-corrected chi connectivity index (χ1v) is 7.05. The van der Waals surface area contributed by atoms with Crippen LogP contribution in [0.4, 0.5) is 10.6 Å². The average Bonchev–Trinajstić information content (AvgIpc) is 2.89. The lowest BCUT2D eigenvalue weighted by molar-refractivity contribution is 0.0635. The summed E-state index contributed by atoms with van der Waals surface area (Å²) >= 11 is 0. The number of ether oxygens (including phenoxy) is 1. The van der Waals surface area contributed by atoms with Crippen molar-refractivity contribution in [3.05, 3.63) is 23.4 Å². The second kappa shape index (κ2) is 6.22. The molecule has 1 amide bonds. The first-order valence-electron chi connectivity index (χ1n) is 7.05. The molecule has 1 saturated heterocycles. The predicted molar refractivity (Wildman–Crippen MR) is 79.7 cm³/mol. The topological polar surface area (TPSA) is 80.3 Å². The third-order valence-corrected chi connectivity index (χ3v) is 3.26. The molecule has 1 atom stereocenters. The van der Waals surface area contributed by atoms with Crippen molar-refractivity contribution in [3.63, 3.8) is 0 Å². The fraction of sp³-hybridized carbons (Fsp3) is 0.533. The molecule has 0 saturated carbocycles. The molecular formula is C15H21N3O3. The van der Waals surface area contributed by atoms with Crippen LogP contribution in [0.25, 0.3) is 0 Å². The predicted octanol–water partition coefficient (Wildman–Crippen LogP) is 2.32. The minimum atomic E-state index is -0.611. The summed E-state index contributed by atoms with van der Waals surface area (Å²) in [6.45, 7) is 7.10. The van der Waals surface area contributed by atoms with Gasteiger partial charge >= 0.3 is 6.09 Å². The second-order valence-corrected chi connectivity index (χ2v) is 6.10. The van der Waals surface area contributed by atoms with E-state index < -0.39 is 11.7 Å². The third kappa shape index (κ3) is 4.01. The first-order chi connectivity index (χ1) is 9.90. The highest BCUT2D eigenvalue weighted by atomic mass is 16.6. The Morgan fingerprint density at radius 3 is 2.86 bits per heavy atom. The van der Waals surface area contributed by atoms with Gasteiger partial charge in [-0.3, -0.25) is 10.1 Å². The highest BCUT2D eigenvalue weighted by molar-refractivity contribution is 5.92. The Morgan fingerprint density at radius 1 is 1.52 bits per heavy atom. The molecule has 1 fully saturated rings. The number of carbonyl (C=O) groups is 2. The van der Waals surface area contributed by atoms with E-state index in [2.05, 4.69) is 15.6 Å². The maximum atomic E-state index is 11.8. The number of anilines is 1. The standard InChI is InChI=1S/C15H21N3O3/c1-15(2,3)21-14(20)18-13-12(9-19)11(5-7-17-13)10-4-6-16-8-10/h5,7,9-10,16H,4,6,8H2,1-3H3,(H,17,18,20). The number of rotatable bonds is 3. The molecule has 2 heterocycles. The Labute approximate surface area is 124 Å². The Morgan fingerprint density at radius 2 is 2.29 bits per heavy atom. The van der Waals surface area contributed by atoms with Crippen LogP contribution in [0.1, 0.15) is 49.0 Å². The van der Waals surface area contributed by atoms with Crippen LogP contribution in [-0.4, -0.2) is 36.1 Å². The van der Waals surface area contributed by atoms with Gasteiger partial charge in [-0.1, -0.05) is 0 Å². The van der Waals surface area contributed by atoms with Gasteiger partial charge in [0.05, 0.1) is 5.56 Å². The Hall–Kier alpha value is -1.95. The summed E-state index contributed by atoms with van der Waals surface area (Å²) in [5.74, 6) is 0.524. The van der Waals surface area contributed by atoms with Crippen LogP contribution in [0, 0.1) is 0 Å². The number of aromatic nitrogens is 1. The molecule has 2 rings (SSSR count). The molecule has 0 bridgehead atoms. The number of pyridine rings is 1. The summed E-state index contributed by atoms with van der Waals surface area (Å²) in [4.78, 5) is 27.3. The zero-order valence-electron chi connectivity index (χ0n) is 12.6. The van der Waals surface area contributed by atoms with Crippen LogP contribution in [0.15, 0.2) is 12.3 Å². The lowest BCUT2D eigenvalue weighted by atomic mass is 9.95. The summed E-state index contributed by atoms with van der Waals surface area (Å²) in [7, 11) is 0. The monoisotopic (exact) mass is 291 g/mol. The smallest absolute Gasteiger partial charge is 0.413 e. The van der Waals surface area contributed by atoms with E-state index >= 15 is 0 Å². The van der Waals surface area contributed by atoms with Gasteiger partial charge in [0.15, 0.2) is 6.29 Å². The molecule has 6 heteroatoms. The first kappa shape index (κ1) is 15.4. The molecule has 0 spiro atoms. The van der Waals surface area contributed by atoms with Crippen molar-refractivity contribution in [2.45, 2.75) is 38.7 Å². The maximum Gasteiger partial charge on any atom is 0.413 e. The summed E-state index contributed by atoms with van der Waals surface area (Å²) in [6, 6.07) is 1.83. The fourth-order valence-corrected chi connectivity index (χ4v) is 2.39. The third-order valence-electron chi connectivity index (χ3n) is 3.26. The van der Waals surface area contributed by atoms with E-state index in [1.807, 2.05) is 6.07 Å². The number of nitrogens with zero attached hydrogens (tertiary/aromatic N) is 1. The molecule has 114 valence electrons. The average molecular weight is 291 g/mol. The quantitative estimate of drug-likeness (QED) is 0.835. The molecule has 1 aromatic rings. The van der Waals surface area contributed by atoms with Crippen molar-refractivity contribution < 1.29 is 14.3 Å². The van der Waals surface area contributed by atoms with E-state index in [1.165, 1.54) is 0 Å². The minimum absolute atomic E-state index is 0.253. The van der Waals surface area contributed by atoms with Crippen molar-refractivity contribution in [2.75, 3.05) is 18.4 Å². The van der Waals surface area contributed by atoms with Gasteiger partial charge in [0.25, 0.3) is 0 Å². The zero-order chi connectivity index (χ0) is 15.5. The number of hydrogen-bond donors (Lipinski definition) is 2. The number of hydrogen-bond acceptors (Lipinski definition) is 5. The maximum absolute atomic E-state index is 11.8. The summed E-state index contributed by atoms with van der Waals surface area (Å²) in [6.07, 6.45) is 2.71. The SMILES string of the molecule is CC(C)(C)OC(=O)Nc1nccc(C2CCNC2)c1C=O. The molecule has 1 aliphatic rings. The molecular weight excluding hydrogens is 270 g/mol. The van der Waals surface area contributed by atoms with Gasteiger partial charge in [-0.15, -0.1) is 0 Å². The molecule has 0 radical (unpaired) electrons. The number of nitrogens with one attached hydrogen (secondary N) is 2. The van der Waals surface area contributed by atoms with Gasteiger partial charge in [0.2, 0.25) is 0 Å². The van der Waals surface area contributed by atoms with E-state index in [4.69, 9.17) is 4.74 Å². The van der Waals surface area contributed by atoms with Crippen LogP contribution in [-0.2, 0) is 4.74 Å². The van der Waals surface area contributed by atoms with Crippen molar-refractivity contribution in [1.82, 2.24) is 10.3 Å². The van der Waals surface area contributed by atoms with Crippen molar-refractivity contribution in [1.29, 1.82) is 0 Å². The van der Waals surface area contributed by atoms with E-state index in [0.717, 1.165) is 31.4 Å². The molecule has 21 heavy (non-hydrogen) atoms. The van der Waals surface area contributed by atoms with Gasteiger partial charge < -0.3 is 10.1 Å². The fourth-order valence-electron chi connectivity index (χ4n) is 2.39. The van der Waals surface area contributed by atoms with Gasteiger partial charge in [-0.05, 0) is 51.3 Å². The number of carbonyl (C=O) groups excluding carboxylic acids is 2. The summed E-state index contributed by atoms with van der Waals surface area (Å²) < 4.78 is 5.19. The Bertz CT molecular complexity index is 531. The molecule has 2 N–H and O–H groups in total. The largest absolute Gasteiger partial charge is 0.444 e. The van der Waals surface area contributed by atoms with Gasteiger partial charge in [-0.25, -0.2) is 9.78 Å². The van der Waals surface area contributed by atoms with Crippen molar-refractivity contribution in [3.8, 4) is 0 Å². The van der Waals surface area contributed by atoms with Crippen molar-refractivity contribution in [2.24, 2.45) is 0 Å². The molecule has 0 aromatic carbocycles. The zero-order valence-corrected chi connectivity index (χ0v) is 12.6. The molecule has 1 aromatic heterocycles. The highest BCUT2D eigenvalue weighted by Gasteiger charge is 2.23. The van der Waals surface area contributed by atoms with Gasteiger partial charge in [-0.2, -0.15) is 0 Å². The highest BCUT2D eigenvalue weighted by Crippen LogP contribution is 2.28. The van der Waals surface area contributed by atoms with E-state index in [9.17, 15) is 9.59 Å². The van der Waals surface area contributed by atoms with Gasteiger partial charge in [0, 0.05) is 12.7 Å². The van der Waals surface area contributed by atoms with Crippen LogP contribution >= 0.6 is 0 Å². The van der Waals surface area contributed by atoms with Gasteiger partial charge in [0.1, 0.15) is 11.4 Å². The molecule has 1 aliphatic heterocycles. The molecule has 1 unspecified atom stereocenters. The van der Waals surface area contributed by atoms with E-state index in [0.29, 0.717) is 5.56 Å². The lowest BCUT2D eigenvalue weighted by Crippen LogP contribution is -2.28. The van der Waals surface area contributed by atoms with Crippen LogP contribution in [0.2, 0.25) is 0 Å². The molecule has 6 nitrogen and oxygen atoms in total. The Kier molecular flexibility index (Phi) is 4.57. The Balaban J connectivity index is 2.21. The van der Waals surface area contributed by atoms with Crippen LogP contribution < -0.4 is 10.6 Å². The summed E-state index contributed by atoms with van der Waals surface area (Å²) in [5.41, 5.74) is 0.742. The van der Waals surface area contributed by atoms with E-state index in [-0.39, 0.29) is 11.7 Å². The minimum Gasteiger partial charge on any atom is -0.444 e. The van der Waals surface area contributed by atoms with Crippen molar-refractivity contribution >= 4 is 18.2 Å². The van der Waals surface area contributed by atoms with Crippen LogP contribution in [0.5, 0.6) is 0 Å². The van der Waals surface area contributed by atoms with E-state index in [1.54, 1.807) is 27.0 Å². The lowest BCUT2D eigenvalue weighted by Gasteiger charge is -2.20. The number of amides is 1.